The van der Waals surface area contributed by atoms with Gasteiger partial charge in [-0.15, -0.1) is 0 Å². The highest BCUT2D eigenvalue weighted by Gasteiger charge is 2.40. The summed E-state index contributed by atoms with van der Waals surface area (Å²) in [4.78, 5) is -0.0258. The molecule has 0 aliphatic heterocycles. The van der Waals surface area contributed by atoms with Gasteiger partial charge in [-0.3, -0.25) is 0 Å². The Morgan fingerprint density at radius 1 is 1.19 bits per heavy atom. The van der Waals surface area contributed by atoms with Crippen LogP contribution in [0.4, 0.5) is 23.2 Å². The first-order valence-corrected chi connectivity index (χ1v) is 7.67. The van der Waals surface area contributed by atoms with Crippen LogP contribution in [0.25, 0.3) is 0 Å². The molecule has 0 radical (unpaired) electrons. The van der Waals surface area contributed by atoms with Crippen LogP contribution in [0, 0.1) is 0 Å². The second-order valence-corrected chi connectivity index (χ2v) is 6.10. The number of alkyl halides is 4. The van der Waals surface area contributed by atoms with Crippen LogP contribution in [-0.4, -0.2) is 33.9 Å². The number of hydrogen-bond donors (Lipinski definition) is 2. The number of nitrogens with one attached hydrogen (secondary N) is 2. The number of rotatable bonds is 8. The van der Waals surface area contributed by atoms with Gasteiger partial charge in [0.2, 0.25) is 10.0 Å². The summed E-state index contributed by atoms with van der Waals surface area (Å²) in [5, 5.41) is 2.14. The second kappa shape index (κ2) is 7.08. The van der Waals surface area contributed by atoms with Gasteiger partial charge >= 0.3 is 12.3 Å². The highest BCUT2D eigenvalue weighted by atomic mass is 32.2. The maximum atomic E-state index is 12.7. The Labute approximate surface area is 120 Å². The Kier molecular flexibility index (Phi) is 5.97. The van der Waals surface area contributed by atoms with E-state index in [2.05, 4.69) is 10.0 Å². The molecule has 9 heteroatoms. The first-order valence-electron chi connectivity index (χ1n) is 6.18. The number of sulfonamides is 1. The van der Waals surface area contributed by atoms with Gasteiger partial charge < -0.3 is 5.32 Å². The molecule has 0 atom stereocenters. The third-order valence-corrected chi connectivity index (χ3v) is 4.03. The van der Waals surface area contributed by atoms with Gasteiger partial charge in [-0.05, 0) is 30.7 Å². The lowest BCUT2D eigenvalue weighted by Crippen LogP contribution is -2.34. The van der Waals surface area contributed by atoms with Crippen molar-refractivity contribution in [3.63, 3.8) is 0 Å². The van der Waals surface area contributed by atoms with E-state index >= 15 is 0 Å². The molecule has 21 heavy (non-hydrogen) atoms. The number of halogens is 4. The van der Waals surface area contributed by atoms with Gasteiger partial charge in [0.25, 0.3) is 0 Å². The fourth-order valence-corrected chi connectivity index (χ4v) is 2.50. The zero-order chi connectivity index (χ0) is 16.1. The Morgan fingerprint density at radius 3 is 2.24 bits per heavy atom. The minimum absolute atomic E-state index is 0.0258. The topological polar surface area (TPSA) is 58.2 Å². The number of benzene rings is 1. The standard InChI is InChI=1S/C12H16F4N2O2S/c1-2-7-18-21(19,20)10-5-3-9(4-6-10)17-8-12(15,16)11(13)14/h3-6,11,17-18H,2,7-8H2,1H3. The lowest BCUT2D eigenvalue weighted by Gasteiger charge is -2.16. The zero-order valence-corrected chi connectivity index (χ0v) is 12.1. The van der Waals surface area contributed by atoms with Gasteiger partial charge in [-0.1, -0.05) is 6.92 Å². The molecule has 0 aliphatic carbocycles. The molecule has 0 bridgehead atoms. The van der Waals surface area contributed by atoms with Gasteiger partial charge in [-0.2, -0.15) is 8.78 Å². The van der Waals surface area contributed by atoms with Crippen LogP contribution >= 0.6 is 0 Å². The molecule has 120 valence electrons. The molecular formula is C12H16F4N2O2S. The number of anilines is 1. The van der Waals surface area contributed by atoms with Crippen molar-refractivity contribution in [3.05, 3.63) is 24.3 Å². The summed E-state index contributed by atoms with van der Waals surface area (Å²) >= 11 is 0. The quantitative estimate of drug-likeness (QED) is 0.722. The van der Waals surface area contributed by atoms with E-state index in [4.69, 9.17) is 0 Å². The third-order valence-electron chi connectivity index (χ3n) is 2.55. The van der Waals surface area contributed by atoms with Crippen LogP contribution in [0.1, 0.15) is 13.3 Å². The van der Waals surface area contributed by atoms with Crippen molar-refractivity contribution in [2.45, 2.75) is 30.6 Å². The first kappa shape index (κ1) is 17.7. The Bertz CT molecular complexity index is 547. The van der Waals surface area contributed by atoms with Gasteiger partial charge in [0, 0.05) is 12.2 Å². The predicted octanol–water partition coefficient (Wildman–Crippen LogP) is 2.69. The fourth-order valence-electron chi connectivity index (χ4n) is 1.37. The van der Waals surface area contributed by atoms with Gasteiger partial charge in [0.15, 0.2) is 0 Å². The van der Waals surface area contributed by atoms with Crippen molar-refractivity contribution in [2.24, 2.45) is 0 Å². The van der Waals surface area contributed by atoms with Crippen molar-refractivity contribution in [1.29, 1.82) is 0 Å². The average Bonchev–Trinajstić information content (AvgIpc) is 2.43. The second-order valence-electron chi connectivity index (χ2n) is 4.34. The smallest absolute Gasteiger partial charge is 0.324 e. The average molecular weight is 328 g/mol. The van der Waals surface area contributed by atoms with Crippen molar-refractivity contribution in [2.75, 3.05) is 18.4 Å². The first-order chi connectivity index (χ1) is 9.69. The summed E-state index contributed by atoms with van der Waals surface area (Å²) < 4.78 is 75.3. The van der Waals surface area contributed by atoms with E-state index in [9.17, 15) is 26.0 Å². The van der Waals surface area contributed by atoms with Crippen molar-refractivity contribution >= 4 is 15.7 Å². The highest BCUT2D eigenvalue weighted by Crippen LogP contribution is 2.23. The largest absolute Gasteiger partial charge is 0.379 e. The minimum atomic E-state index is -4.15. The van der Waals surface area contributed by atoms with Crippen LogP contribution in [0.15, 0.2) is 29.2 Å². The molecule has 0 amide bonds. The van der Waals surface area contributed by atoms with Crippen LogP contribution in [0.3, 0.4) is 0 Å². The van der Waals surface area contributed by atoms with Gasteiger partial charge in [0.1, 0.15) is 0 Å². The molecule has 2 N–H and O–H groups in total. The molecule has 0 aliphatic rings. The van der Waals surface area contributed by atoms with Crippen LogP contribution in [-0.2, 0) is 10.0 Å². The molecule has 0 aromatic heterocycles. The summed E-state index contributed by atoms with van der Waals surface area (Å²) in [6.07, 6.45) is -3.13. The Morgan fingerprint density at radius 2 is 1.76 bits per heavy atom. The summed E-state index contributed by atoms with van der Waals surface area (Å²) in [7, 11) is -3.64. The molecular weight excluding hydrogens is 312 g/mol. The van der Waals surface area contributed by atoms with E-state index in [0.29, 0.717) is 6.42 Å². The maximum absolute atomic E-state index is 12.7. The van der Waals surface area contributed by atoms with Gasteiger partial charge in [-0.25, -0.2) is 21.9 Å². The maximum Gasteiger partial charge on any atom is 0.324 e. The monoisotopic (exact) mass is 328 g/mol. The van der Waals surface area contributed by atoms with Crippen LogP contribution < -0.4 is 10.0 Å². The van der Waals surface area contributed by atoms with E-state index in [1.54, 1.807) is 6.92 Å². The molecule has 0 spiro atoms. The zero-order valence-electron chi connectivity index (χ0n) is 11.2. The molecule has 1 aromatic carbocycles. The summed E-state index contributed by atoms with van der Waals surface area (Å²) in [6.45, 7) is 0.854. The predicted molar refractivity (Wildman–Crippen MR) is 71.4 cm³/mol. The van der Waals surface area contributed by atoms with Gasteiger partial charge in [0.05, 0.1) is 11.4 Å². The molecule has 0 unspecified atom stereocenters. The van der Waals surface area contributed by atoms with Crippen molar-refractivity contribution in [3.8, 4) is 0 Å². The molecule has 0 saturated heterocycles. The summed E-state index contributed by atoms with van der Waals surface area (Å²) in [5.74, 6) is -4.15. The van der Waals surface area contributed by atoms with E-state index in [1.165, 1.54) is 24.3 Å². The molecule has 4 nitrogen and oxygen atoms in total. The van der Waals surface area contributed by atoms with E-state index in [1.807, 2.05) is 0 Å². The molecule has 0 saturated carbocycles. The minimum Gasteiger partial charge on any atom is -0.379 e. The van der Waals surface area contributed by atoms with Crippen LogP contribution in [0.5, 0.6) is 0 Å². The van der Waals surface area contributed by atoms with E-state index in [0.717, 1.165) is 0 Å². The molecule has 0 heterocycles. The van der Waals surface area contributed by atoms with Crippen molar-refractivity contribution in [1.82, 2.24) is 4.72 Å². The lowest BCUT2D eigenvalue weighted by molar-refractivity contribution is -0.117. The van der Waals surface area contributed by atoms with Crippen molar-refractivity contribution < 1.29 is 26.0 Å². The lowest BCUT2D eigenvalue weighted by atomic mass is 10.3. The summed E-state index contributed by atoms with van der Waals surface area (Å²) in [5.41, 5.74) is 0.129. The molecule has 1 aromatic rings. The third kappa shape index (κ3) is 5.16. The van der Waals surface area contributed by atoms with Crippen LogP contribution in [0.2, 0.25) is 0 Å². The normalized spacial score (nSPS) is 12.7. The van der Waals surface area contributed by atoms with E-state index in [-0.39, 0.29) is 17.1 Å². The van der Waals surface area contributed by atoms with E-state index < -0.39 is 28.9 Å². The Hall–Kier alpha value is -1.35. The fraction of sp³-hybridized carbons (Fsp3) is 0.500. The molecule has 1 rings (SSSR count). The Balaban J connectivity index is 2.71. The SMILES string of the molecule is CCCNS(=O)(=O)c1ccc(NCC(F)(F)C(F)F)cc1. The summed E-state index contributed by atoms with van der Waals surface area (Å²) in [6, 6.07) is 4.89. The number of hydrogen-bond acceptors (Lipinski definition) is 3. The molecule has 0 fully saturated rings. The highest BCUT2D eigenvalue weighted by molar-refractivity contribution is 7.89.